The first kappa shape index (κ1) is 19.5. The Morgan fingerprint density at radius 2 is 1.68 bits per heavy atom. The molecular formula is C26H22ClN3O. The molecule has 3 aromatic carbocycles. The SMILES string of the molecule is Cc1ccccc1C1c2cccn2-c2ccccc2CN1C(=O)Nc1ccc(Cl)cc1. The molecule has 0 aliphatic carbocycles. The zero-order valence-corrected chi connectivity index (χ0v) is 17.9. The van der Waals surface area contributed by atoms with E-state index in [-0.39, 0.29) is 12.1 Å². The van der Waals surface area contributed by atoms with E-state index in [1.54, 1.807) is 12.1 Å². The number of fused-ring (bicyclic) bond motifs is 3. The van der Waals surface area contributed by atoms with Crippen molar-refractivity contribution in [2.45, 2.75) is 19.5 Å². The van der Waals surface area contributed by atoms with Gasteiger partial charge in [-0.05, 0) is 66.1 Å². The summed E-state index contributed by atoms with van der Waals surface area (Å²) in [4.78, 5) is 15.5. The van der Waals surface area contributed by atoms with Crippen molar-refractivity contribution in [1.82, 2.24) is 9.47 Å². The quantitative estimate of drug-likeness (QED) is 0.385. The van der Waals surface area contributed by atoms with Crippen LogP contribution in [0, 0.1) is 6.92 Å². The minimum absolute atomic E-state index is 0.153. The van der Waals surface area contributed by atoms with E-state index in [1.807, 2.05) is 47.4 Å². The number of nitrogens with zero attached hydrogens (tertiary/aromatic N) is 2. The first-order chi connectivity index (χ1) is 15.1. The Labute approximate surface area is 186 Å². The van der Waals surface area contributed by atoms with Gasteiger partial charge in [-0.1, -0.05) is 54.1 Å². The third kappa shape index (κ3) is 3.60. The number of hydrogen-bond donors (Lipinski definition) is 1. The summed E-state index contributed by atoms with van der Waals surface area (Å²) < 4.78 is 2.20. The van der Waals surface area contributed by atoms with Crippen molar-refractivity contribution in [3.63, 3.8) is 0 Å². The number of amides is 2. The van der Waals surface area contributed by atoms with Crippen LogP contribution < -0.4 is 5.32 Å². The zero-order chi connectivity index (χ0) is 21.4. The zero-order valence-electron chi connectivity index (χ0n) is 17.1. The van der Waals surface area contributed by atoms with Crippen LogP contribution in [0.3, 0.4) is 0 Å². The molecule has 1 N–H and O–H groups in total. The van der Waals surface area contributed by atoms with Gasteiger partial charge in [0.05, 0.1) is 12.2 Å². The summed E-state index contributed by atoms with van der Waals surface area (Å²) in [5, 5.41) is 3.70. The van der Waals surface area contributed by atoms with Gasteiger partial charge in [0.15, 0.2) is 0 Å². The highest BCUT2D eigenvalue weighted by Crippen LogP contribution is 2.38. The predicted octanol–water partition coefficient (Wildman–Crippen LogP) is 6.58. The molecule has 2 amide bonds. The normalized spacial score (nSPS) is 15.0. The number of hydrogen-bond acceptors (Lipinski definition) is 1. The second-order valence-electron chi connectivity index (χ2n) is 7.76. The molecule has 0 saturated heterocycles. The molecule has 0 spiro atoms. The minimum Gasteiger partial charge on any atom is -0.318 e. The van der Waals surface area contributed by atoms with Crippen LogP contribution in [-0.4, -0.2) is 15.5 Å². The van der Waals surface area contributed by atoms with E-state index in [0.29, 0.717) is 17.3 Å². The van der Waals surface area contributed by atoms with Gasteiger partial charge in [-0.15, -0.1) is 0 Å². The van der Waals surface area contributed by atoms with E-state index >= 15 is 0 Å². The Morgan fingerprint density at radius 1 is 0.935 bits per heavy atom. The van der Waals surface area contributed by atoms with Crippen molar-refractivity contribution < 1.29 is 4.79 Å². The summed E-state index contributed by atoms with van der Waals surface area (Å²) in [7, 11) is 0. The van der Waals surface area contributed by atoms with E-state index < -0.39 is 0 Å². The molecule has 0 fully saturated rings. The molecule has 154 valence electrons. The summed E-state index contributed by atoms with van der Waals surface area (Å²) in [6.45, 7) is 2.59. The lowest BCUT2D eigenvalue weighted by Crippen LogP contribution is -2.38. The molecule has 4 nitrogen and oxygen atoms in total. The maximum absolute atomic E-state index is 13.6. The molecule has 1 unspecified atom stereocenters. The minimum atomic E-state index is -0.226. The highest BCUT2D eigenvalue weighted by Gasteiger charge is 2.33. The molecule has 31 heavy (non-hydrogen) atoms. The Hall–Kier alpha value is -3.50. The number of aryl methyl sites for hydroxylation is 1. The maximum Gasteiger partial charge on any atom is 0.322 e. The standard InChI is InChI=1S/C26H22ClN3O/c1-18-7-2-4-9-22(18)25-24-11-6-16-29(24)23-10-5-3-8-19(23)17-30(25)26(31)28-21-14-12-20(27)13-15-21/h2-16,25H,17H2,1H3,(H,28,31). The Morgan fingerprint density at radius 3 is 2.48 bits per heavy atom. The van der Waals surface area contributed by atoms with Gasteiger partial charge in [0.2, 0.25) is 0 Å². The van der Waals surface area contributed by atoms with Gasteiger partial charge in [0.1, 0.15) is 6.04 Å². The van der Waals surface area contributed by atoms with Crippen LogP contribution in [0.5, 0.6) is 0 Å². The van der Waals surface area contributed by atoms with E-state index in [2.05, 4.69) is 53.3 Å². The highest BCUT2D eigenvalue weighted by atomic mass is 35.5. The van der Waals surface area contributed by atoms with Crippen molar-refractivity contribution in [2.75, 3.05) is 5.32 Å². The number of carbonyl (C=O) groups is 1. The summed E-state index contributed by atoms with van der Waals surface area (Å²) in [5.41, 5.74) is 6.23. The van der Waals surface area contributed by atoms with Crippen LogP contribution in [0.2, 0.25) is 5.02 Å². The Balaban J connectivity index is 1.64. The molecule has 0 saturated carbocycles. The second-order valence-corrected chi connectivity index (χ2v) is 8.19. The van der Waals surface area contributed by atoms with Crippen molar-refractivity contribution in [3.8, 4) is 5.69 Å². The van der Waals surface area contributed by atoms with Crippen LogP contribution in [0.1, 0.15) is 28.4 Å². The Bertz CT molecular complexity index is 1250. The molecule has 5 rings (SSSR count). The highest BCUT2D eigenvalue weighted by molar-refractivity contribution is 6.30. The van der Waals surface area contributed by atoms with E-state index in [0.717, 1.165) is 28.1 Å². The van der Waals surface area contributed by atoms with Gasteiger partial charge < -0.3 is 14.8 Å². The van der Waals surface area contributed by atoms with Crippen LogP contribution in [0.15, 0.2) is 91.1 Å². The molecule has 5 heteroatoms. The Kier molecular flexibility index (Phi) is 5.00. The van der Waals surface area contributed by atoms with Crippen LogP contribution in [0.4, 0.5) is 10.5 Å². The summed E-state index contributed by atoms with van der Waals surface area (Å²) in [6.07, 6.45) is 2.07. The molecule has 1 atom stereocenters. The molecule has 0 radical (unpaired) electrons. The molecule has 1 aliphatic heterocycles. The first-order valence-electron chi connectivity index (χ1n) is 10.3. The number of nitrogens with one attached hydrogen (secondary N) is 1. The summed E-state index contributed by atoms with van der Waals surface area (Å²) >= 11 is 6.01. The van der Waals surface area contributed by atoms with Crippen molar-refractivity contribution in [2.24, 2.45) is 0 Å². The lowest BCUT2D eigenvalue weighted by atomic mass is 9.97. The number of anilines is 1. The molecule has 1 aromatic heterocycles. The summed E-state index contributed by atoms with van der Waals surface area (Å²) in [6, 6.07) is 27.5. The monoisotopic (exact) mass is 427 g/mol. The predicted molar refractivity (Wildman–Crippen MR) is 125 cm³/mol. The topological polar surface area (TPSA) is 37.3 Å². The van der Waals surface area contributed by atoms with Gasteiger partial charge in [-0.25, -0.2) is 4.79 Å². The number of benzene rings is 3. The van der Waals surface area contributed by atoms with E-state index in [1.165, 1.54) is 0 Å². The average molecular weight is 428 g/mol. The van der Waals surface area contributed by atoms with Crippen LogP contribution >= 0.6 is 11.6 Å². The molecule has 1 aliphatic rings. The van der Waals surface area contributed by atoms with Gasteiger partial charge in [-0.3, -0.25) is 0 Å². The van der Waals surface area contributed by atoms with E-state index in [4.69, 9.17) is 11.6 Å². The molecular weight excluding hydrogens is 406 g/mol. The number of para-hydroxylation sites is 1. The maximum atomic E-state index is 13.6. The lowest BCUT2D eigenvalue weighted by Gasteiger charge is -2.32. The largest absolute Gasteiger partial charge is 0.322 e. The fraction of sp³-hybridized carbons (Fsp3) is 0.115. The molecule has 4 aromatic rings. The molecule has 2 heterocycles. The fourth-order valence-corrected chi connectivity index (χ4v) is 4.41. The second kappa shape index (κ2) is 7.97. The number of urea groups is 1. The smallest absolute Gasteiger partial charge is 0.318 e. The van der Waals surface area contributed by atoms with Crippen molar-refractivity contribution in [1.29, 1.82) is 0 Å². The third-order valence-corrected chi connectivity index (χ3v) is 6.06. The first-order valence-corrected chi connectivity index (χ1v) is 10.6. The van der Waals surface area contributed by atoms with Gasteiger partial charge in [-0.2, -0.15) is 0 Å². The van der Waals surface area contributed by atoms with Gasteiger partial charge in [0.25, 0.3) is 0 Å². The van der Waals surface area contributed by atoms with Gasteiger partial charge >= 0.3 is 6.03 Å². The average Bonchev–Trinajstić information content (AvgIpc) is 3.21. The van der Waals surface area contributed by atoms with Crippen molar-refractivity contribution >= 4 is 23.3 Å². The molecule has 0 bridgehead atoms. The number of halogens is 1. The number of carbonyl (C=O) groups excluding carboxylic acids is 1. The van der Waals surface area contributed by atoms with Gasteiger partial charge in [0, 0.05) is 22.6 Å². The fourth-order valence-electron chi connectivity index (χ4n) is 4.29. The van der Waals surface area contributed by atoms with E-state index in [9.17, 15) is 4.79 Å². The summed E-state index contributed by atoms with van der Waals surface area (Å²) in [5.74, 6) is 0. The van der Waals surface area contributed by atoms with Crippen LogP contribution in [-0.2, 0) is 6.54 Å². The number of aromatic nitrogens is 1. The number of rotatable bonds is 2. The lowest BCUT2D eigenvalue weighted by molar-refractivity contribution is 0.194. The van der Waals surface area contributed by atoms with Crippen LogP contribution in [0.25, 0.3) is 5.69 Å². The van der Waals surface area contributed by atoms with Crippen molar-refractivity contribution in [3.05, 3.63) is 119 Å². The third-order valence-electron chi connectivity index (χ3n) is 5.80.